The Hall–Kier alpha value is -3.28. The molecule has 0 atom stereocenters. The van der Waals surface area contributed by atoms with Gasteiger partial charge in [0, 0.05) is 18.4 Å². The lowest BCUT2D eigenvalue weighted by atomic mass is 10.1. The van der Waals surface area contributed by atoms with Crippen molar-refractivity contribution in [1.29, 1.82) is 0 Å². The van der Waals surface area contributed by atoms with Crippen molar-refractivity contribution in [1.82, 2.24) is 9.97 Å². The van der Waals surface area contributed by atoms with Crippen molar-refractivity contribution < 1.29 is 9.47 Å². The number of nitrogens with zero attached hydrogens (tertiary/aromatic N) is 2. The van der Waals surface area contributed by atoms with Gasteiger partial charge in [0.05, 0.1) is 14.2 Å². The zero-order valence-electron chi connectivity index (χ0n) is 14.9. The minimum atomic E-state index is 0.594. The number of benzene rings is 2. The highest BCUT2D eigenvalue weighted by Gasteiger charge is 2.01. The number of anilines is 3. The molecule has 0 spiro atoms. The van der Waals surface area contributed by atoms with E-state index >= 15 is 0 Å². The van der Waals surface area contributed by atoms with E-state index in [2.05, 4.69) is 32.7 Å². The number of nitrogens with one attached hydrogen (secondary N) is 2. The number of methoxy groups -OCH3 is 2. The Bertz CT molecular complexity index is 820. The molecule has 0 fully saturated rings. The number of aromatic nitrogens is 2. The van der Waals surface area contributed by atoms with Crippen LogP contribution in [0, 0.1) is 0 Å². The molecule has 6 nitrogen and oxygen atoms in total. The van der Waals surface area contributed by atoms with Crippen LogP contribution in [0.3, 0.4) is 0 Å². The van der Waals surface area contributed by atoms with E-state index in [0.29, 0.717) is 5.95 Å². The van der Waals surface area contributed by atoms with Crippen molar-refractivity contribution >= 4 is 17.5 Å². The molecule has 1 aromatic heterocycles. The molecule has 0 saturated heterocycles. The summed E-state index contributed by atoms with van der Waals surface area (Å²) in [6.45, 7) is 0.748. The molecule has 2 N–H and O–H groups in total. The third-order valence-electron chi connectivity index (χ3n) is 3.87. The van der Waals surface area contributed by atoms with Gasteiger partial charge in [-0.05, 0) is 54.4 Å². The third kappa shape index (κ3) is 4.86. The topological polar surface area (TPSA) is 68.3 Å². The van der Waals surface area contributed by atoms with Gasteiger partial charge in [-0.2, -0.15) is 4.98 Å². The smallest absolute Gasteiger partial charge is 0.224 e. The molecule has 0 saturated carbocycles. The first-order valence-corrected chi connectivity index (χ1v) is 8.38. The summed E-state index contributed by atoms with van der Waals surface area (Å²) in [5, 5.41) is 6.51. The van der Waals surface area contributed by atoms with E-state index < -0.39 is 0 Å². The Morgan fingerprint density at radius 3 is 2.15 bits per heavy atom. The standard InChI is InChI=1S/C20H22N4O2/c1-25-17-7-3-15(4-8-17)11-13-21-20-22-14-12-19(24-20)23-16-5-9-18(26-2)10-6-16/h3-10,12,14H,11,13H2,1-2H3,(H2,21,22,23,24). The Kier molecular flexibility index (Phi) is 5.88. The highest BCUT2D eigenvalue weighted by atomic mass is 16.5. The van der Waals surface area contributed by atoms with Crippen LogP contribution in [-0.2, 0) is 6.42 Å². The van der Waals surface area contributed by atoms with E-state index in [1.165, 1.54) is 5.56 Å². The first-order chi connectivity index (χ1) is 12.8. The van der Waals surface area contributed by atoms with Gasteiger partial charge in [-0.15, -0.1) is 0 Å². The fraction of sp³-hybridized carbons (Fsp3) is 0.200. The maximum Gasteiger partial charge on any atom is 0.224 e. The van der Waals surface area contributed by atoms with E-state index in [4.69, 9.17) is 9.47 Å². The van der Waals surface area contributed by atoms with Gasteiger partial charge >= 0.3 is 0 Å². The van der Waals surface area contributed by atoms with Gasteiger partial charge in [0.2, 0.25) is 5.95 Å². The van der Waals surface area contributed by atoms with Crippen LogP contribution in [0.4, 0.5) is 17.5 Å². The highest BCUT2D eigenvalue weighted by Crippen LogP contribution is 2.19. The van der Waals surface area contributed by atoms with Gasteiger partial charge in [0.15, 0.2) is 0 Å². The summed E-state index contributed by atoms with van der Waals surface area (Å²) in [4.78, 5) is 8.75. The Morgan fingerprint density at radius 1 is 0.846 bits per heavy atom. The maximum absolute atomic E-state index is 5.17. The minimum Gasteiger partial charge on any atom is -0.497 e. The van der Waals surface area contributed by atoms with Crippen molar-refractivity contribution in [2.45, 2.75) is 6.42 Å². The molecule has 3 aromatic rings. The van der Waals surface area contributed by atoms with E-state index in [-0.39, 0.29) is 0 Å². The first kappa shape index (κ1) is 17.5. The van der Waals surface area contributed by atoms with Crippen LogP contribution in [0.25, 0.3) is 0 Å². The second kappa shape index (κ2) is 8.71. The fourth-order valence-corrected chi connectivity index (χ4v) is 2.45. The SMILES string of the molecule is COc1ccc(CCNc2nccc(Nc3ccc(OC)cc3)n2)cc1. The van der Waals surface area contributed by atoms with Gasteiger partial charge < -0.3 is 20.1 Å². The normalized spacial score (nSPS) is 10.2. The van der Waals surface area contributed by atoms with Crippen LogP contribution in [0.2, 0.25) is 0 Å². The Balaban J connectivity index is 1.54. The summed E-state index contributed by atoms with van der Waals surface area (Å²) in [7, 11) is 3.32. The van der Waals surface area contributed by atoms with Crippen molar-refractivity contribution in [3.05, 3.63) is 66.4 Å². The lowest BCUT2D eigenvalue weighted by molar-refractivity contribution is 0.414. The molecule has 134 valence electrons. The Morgan fingerprint density at radius 2 is 1.50 bits per heavy atom. The molecule has 6 heteroatoms. The number of rotatable bonds is 8. The third-order valence-corrected chi connectivity index (χ3v) is 3.87. The number of ether oxygens (including phenoxy) is 2. The van der Waals surface area contributed by atoms with Crippen LogP contribution in [-0.4, -0.2) is 30.7 Å². The molecule has 0 aliphatic heterocycles. The summed E-state index contributed by atoms with van der Waals surface area (Å²) < 4.78 is 10.3. The molecule has 1 heterocycles. The molecule has 0 bridgehead atoms. The lowest BCUT2D eigenvalue weighted by Gasteiger charge is -2.09. The second-order valence-corrected chi connectivity index (χ2v) is 5.64. The van der Waals surface area contributed by atoms with Crippen LogP contribution < -0.4 is 20.1 Å². The van der Waals surface area contributed by atoms with Crippen LogP contribution in [0.15, 0.2) is 60.8 Å². The maximum atomic E-state index is 5.17. The molecular formula is C20H22N4O2. The molecule has 0 aliphatic carbocycles. The van der Waals surface area contributed by atoms with E-state index in [1.54, 1.807) is 20.4 Å². The van der Waals surface area contributed by atoms with Crippen LogP contribution >= 0.6 is 0 Å². The molecule has 0 radical (unpaired) electrons. The van der Waals surface area contributed by atoms with E-state index in [9.17, 15) is 0 Å². The average molecular weight is 350 g/mol. The van der Waals surface area contributed by atoms with Gasteiger partial charge in [-0.3, -0.25) is 0 Å². The number of hydrogen-bond donors (Lipinski definition) is 2. The van der Waals surface area contributed by atoms with E-state index in [1.807, 2.05) is 42.5 Å². The van der Waals surface area contributed by atoms with Crippen LogP contribution in [0.5, 0.6) is 11.5 Å². The zero-order valence-corrected chi connectivity index (χ0v) is 14.9. The summed E-state index contributed by atoms with van der Waals surface area (Å²) >= 11 is 0. The first-order valence-electron chi connectivity index (χ1n) is 8.38. The van der Waals surface area contributed by atoms with Gasteiger partial charge in [-0.25, -0.2) is 4.98 Å². The van der Waals surface area contributed by atoms with Crippen molar-refractivity contribution in [2.75, 3.05) is 31.4 Å². The highest BCUT2D eigenvalue weighted by molar-refractivity contribution is 5.57. The van der Waals surface area contributed by atoms with Crippen molar-refractivity contribution in [3.63, 3.8) is 0 Å². The lowest BCUT2D eigenvalue weighted by Crippen LogP contribution is -2.08. The molecular weight excluding hydrogens is 328 g/mol. The molecule has 0 amide bonds. The second-order valence-electron chi connectivity index (χ2n) is 5.64. The predicted molar refractivity (Wildman–Crippen MR) is 103 cm³/mol. The summed E-state index contributed by atoms with van der Waals surface area (Å²) in [6.07, 6.45) is 2.61. The number of hydrogen-bond acceptors (Lipinski definition) is 6. The van der Waals surface area contributed by atoms with Crippen LogP contribution in [0.1, 0.15) is 5.56 Å². The van der Waals surface area contributed by atoms with Gasteiger partial charge in [0.1, 0.15) is 17.3 Å². The predicted octanol–water partition coefficient (Wildman–Crippen LogP) is 3.89. The van der Waals surface area contributed by atoms with Crippen molar-refractivity contribution in [3.8, 4) is 11.5 Å². The molecule has 26 heavy (non-hydrogen) atoms. The minimum absolute atomic E-state index is 0.594. The van der Waals surface area contributed by atoms with Gasteiger partial charge in [0.25, 0.3) is 0 Å². The summed E-state index contributed by atoms with van der Waals surface area (Å²) in [5.74, 6) is 3.01. The molecule has 0 unspecified atom stereocenters. The summed E-state index contributed by atoms with van der Waals surface area (Å²) in [6, 6.07) is 17.6. The van der Waals surface area contributed by atoms with Gasteiger partial charge in [-0.1, -0.05) is 12.1 Å². The Labute approximate surface area is 153 Å². The molecule has 2 aromatic carbocycles. The summed E-state index contributed by atoms with van der Waals surface area (Å²) in [5.41, 5.74) is 2.17. The quantitative estimate of drug-likeness (QED) is 0.642. The average Bonchev–Trinajstić information content (AvgIpc) is 2.69. The fourth-order valence-electron chi connectivity index (χ4n) is 2.45. The molecule has 3 rings (SSSR count). The zero-order chi connectivity index (χ0) is 18.2. The monoisotopic (exact) mass is 350 g/mol. The van der Waals surface area contributed by atoms with Crippen molar-refractivity contribution in [2.24, 2.45) is 0 Å². The largest absolute Gasteiger partial charge is 0.497 e. The van der Waals surface area contributed by atoms with E-state index in [0.717, 1.165) is 36.0 Å². The molecule has 0 aliphatic rings.